The van der Waals surface area contributed by atoms with Crippen LogP contribution in [0.2, 0.25) is 0 Å². The molecule has 0 bridgehead atoms. The van der Waals surface area contributed by atoms with Crippen molar-refractivity contribution in [3.63, 3.8) is 0 Å². The van der Waals surface area contributed by atoms with Gasteiger partial charge in [-0.05, 0) is 0 Å². The molecule has 1 amide bonds. The van der Waals surface area contributed by atoms with Gasteiger partial charge in [-0.15, -0.1) is 0 Å². The summed E-state index contributed by atoms with van der Waals surface area (Å²) in [7, 11) is 0. The third-order valence-electron chi connectivity index (χ3n) is 1.40. The minimum Gasteiger partial charge on any atom is -0.396 e. The van der Waals surface area contributed by atoms with E-state index < -0.39 is 12.6 Å². The van der Waals surface area contributed by atoms with Crippen molar-refractivity contribution in [1.82, 2.24) is 9.78 Å². The second kappa shape index (κ2) is 3.21. The molecule has 0 saturated carbocycles. The van der Waals surface area contributed by atoms with Gasteiger partial charge >= 0.3 is 0 Å². The third-order valence-corrected chi connectivity index (χ3v) is 1.40. The Morgan fingerprint density at radius 1 is 1.75 bits per heavy atom. The molecule has 0 spiro atoms. The molecule has 4 N–H and O–H groups in total. The smallest absolute Gasteiger partial charge is 0.269 e. The van der Waals surface area contributed by atoms with Crippen LogP contribution in [0.5, 0.6) is 0 Å². The number of anilines is 1. The Balaban J connectivity index is 3.04. The van der Waals surface area contributed by atoms with Gasteiger partial charge in [0.1, 0.15) is 12.4 Å². The molecule has 1 heterocycles. The van der Waals surface area contributed by atoms with E-state index >= 15 is 0 Å². The van der Waals surface area contributed by atoms with E-state index in [1.54, 1.807) is 0 Å². The van der Waals surface area contributed by atoms with Gasteiger partial charge in [0.2, 0.25) is 0 Å². The molecule has 6 heteroatoms. The van der Waals surface area contributed by atoms with Crippen LogP contribution in [-0.4, -0.2) is 22.4 Å². The lowest BCUT2D eigenvalue weighted by molar-refractivity contribution is 0.0990. The Morgan fingerprint density at radius 3 is 2.92 bits per heavy atom. The Morgan fingerprint density at radius 2 is 2.42 bits per heavy atom. The van der Waals surface area contributed by atoms with Gasteiger partial charge in [0.05, 0.1) is 18.4 Å². The zero-order chi connectivity index (χ0) is 9.14. The van der Waals surface area contributed by atoms with Crippen LogP contribution in [0, 0.1) is 0 Å². The molecule has 0 aromatic carbocycles. The van der Waals surface area contributed by atoms with Crippen molar-refractivity contribution >= 4 is 11.6 Å². The maximum absolute atomic E-state index is 11.9. The minimum absolute atomic E-state index is 0.00449. The van der Waals surface area contributed by atoms with Crippen LogP contribution in [0.3, 0.4) is 0 Å². The van der Waals surface area contributed by atoms with Crippen LogP contribution >= 0.6 is 0 Å². The molecule has 1 rings (SSSR count). The highest BCUT2D eigenvalue weighted by molar-refractivity contribution is 5.96. The standard InChI is InChI=1S/C6H9FN4O/c7-1-2-11-5(6(9)12)4(8)3-10-11/h3H,1-2,8H2,(H2,9,12). The summed E-state index contributed by atoms with van der Waals surface area (Å²) in [5.41, 5.74) is 10.6. The SMILES string of the molecule is NC(=O)c1c(N)cnn1CCF. The highest BCUT2D eigenvalue weighted by Gasteiger charge is 2.12. The number of hydrogen-bond donors (Lipinski definition) is 2. The molecule has 0 aliphatic carbocycles. The molecule has 0 radical (unpaired) electrons. The summed E-state index contributed by atoms with van der Waals surface area (Å²) >= 11 is 0. The molecule has 0 saturated heterocycles. The predicted octanol–water partition coefficient (Wildman–Crippen LogP) is -0.466. The fraction of sp³-hybridized carbons (Fsp3) is 0.333. The lowest BCUT2D eigenvalue weighted by Crippen LogP contribution is -2.19. The Hall–Kier alpha value is -1.59. The van der Waals surface area contributed by atoms with Crippen molar-refractivity contribution in [2.24, 2.45) is 5.73 Å². The number of nitrogen functional groups attached to an aromatic ring is 1. The number of carbonyl (C=O) groups is 1. The molecule has 0 unspecified atom stereocenters. The monoisotopic (exact) mass is 172 g/mol. The van der Waals surface area contributed by atoms with Crippen LogP contribution < -0.4 is 11.5 Å². The van der Waals surface area contributed by atoms with Crippen LogP contribution in [0.15, 0.2) is 6.20 Å². The highest BCUT2D eigenvalue weighted by atomic mass is 19.1. The highest BCUT2D eigenvalue weighted by Crippen LogP contribution is 2.08. The molecular formula is C6H9FN4O. The molecule has 0 aliphatic heterocycles. The summed E-state index contributed by atoms with van der Waals surface area (Å²) in [5.74, 6) is -0.696. The molecular weight excluding hydrogens is 163 g/mol. The van der Waals surface area contributed by atoms with Crippen molar-refractivity contribution in [1.29, 1.82) is 0 Å². The fourth-order valence-corrected chi connectivity index (χ4v) is 0.919. The molecule has 0 fully saturated rings. The second-order valence-corrected chi connectivity index (χ2v) is 2.22. The maximum Gasteiger partial charge on any atom is 0.269 e. The topological polar surface area (TPSA) is 86.9 Å². The van der Waals surface area contributed by atoms with Gasteiger partial charge in [0.25, 0.3) is 5.91 Å². The zero-order valence-corrected chi connectivity index (χ0v) is 6.33. The lowest BCUT2D eigenvalue weighted by Gasteiger charge is -2.00. The van der Waals surface area contributed by atoms with E-state index in [1.165, 1.54) is 6.20 Å². The number of rotatable bonds is 3. The zero-order valence-electron chi connectivity index (χ0n) is 6.33. The molecule has 1 aromatic rings. The predicted molar refractivity (Wildman–Crippen MR) is 41.1 cm³/mol. The van der Waals surface area contributed by atoms with Crippen molar-refractivity contribution < 1.29 is 9.18 Å². The lowest BCUT2D eigenvalue weighted by atomic mass is 10.3. The van der Waals surface area contributed by atoms with Crippen molar-refractivity contribution in [3.05, 3.63) is 11.9 Å². The van der Waals surface area contributed by atoms with Gasteiger partial charge < -0.3 is 11.5 Å². The molecule has 5 nitrogen and oxygen atoms in total. The maximum atomic E-state index is 11.9. The van der Waals surface area contributed by atoms with Gasteiger partial charge in [0.15, 0.2) is 0 Å². The Bertz CT molecular complexity index is 296. The molecule has 66 valence electrons. The van der Waals surface area contributed by atoms with Gasteiger partial charge in [0, 0.05) is 0 Å². The number of aryl methyl sites for hydroxylation is 1. The largest absolute Gasteiger partial charge is 0.396 e. The van der Waals surface area contributed by atoms with Crippen molar-refractivity contribution in [2.75, 3.05) is 12.4 Å². The first-order chi connectivity index (χ1) is 5.66. The average molecular weight is 172 g/mol. The summed E-state index contributed by atoms with van der Waals surface area (Å²) in [5, 5.41) is 3.68. The van der Waals surface area contributed by atoms with E-state index in [4.69, 9.17) is 11.5 Å². The first-order valence-electron chi connectivity index (χ1n) is 3.34. The first kappa shape index (κ1) is 8.51. The van der Waals surface area contributed by atoms with Crippen LogP contribution in [-0.2, 0) is 6.54 Å². The van der Waals surface area contributed by atoms with Crippen LogP contribution in [0.4, 0.5) is 10.1 Å². The number of primary amides is 1. The van der Waals surface area contributed by atoms with Gasteiger partial charge in [-0.2, -0.15) is 5.10 Å². The summed E-state index contributed by atoms with van der Waals surface area (Å²) < 4.78 is 13.0. The number of nitrogens with zero attached hydrogens (tertiary/aromatic N) is 2. The van der Waals surface area contributed by atoms with E-state index in [-0.39, 0.29) is 17.9 Å². The van der Waals surface area contributed by atoms with E-state index in [9.17, 15) is 9.18 Å². The summed E-state index contributed by atoms with van der Waals surface area (Å²) in [6, 6.07) is 0. The Kier molecular flexibility index (Phi) is 2.27. The number of nitrogens with two attached hydrogens (primary N) is 2. The number of hydrogen-bond acceptors (Lipinski definition) is 3. The quantitative estimate of drug-likeness (QED) is 0.646. The molecule has 0 atom stereocenters. The third kappa shape index (κ3) is 1.36. The van der Waals surface area contributed by atoms with E-state index in [2.05, 4.69) is 5.10 Å². The van der Waals surface area contributed by atoms with Crippen LogP contribution in [0.1, 0.15) is 10.5 Å². The number of aromatic nitrogens is 2. The number of amides is 1. The summed E-state index contributed by atoms with van der Waals surface area (Å²) in [6.07, 6.45) is 1.27. The first-order valence-corrected chi connectivity index (χ1v) is 3.34. The van der Waals surface area contributed by atoms with Gasteiger partial charge in [-0.3, -0.25) is 9.48 Å². The molecule has 12 heavy (non-hydrogen) atoms. The minimum atomic E-state index is -0.696. The van der Waals surface area contributed by atoms with Crippen molar-refractivity contribution in [2.45, 2.75) is 6.54 Å². The number of halogens is 1. The van der Waals surface area contributed by atoms with Gasteiger partial charge in [-0.1, -0.05) is 0 Å². The number of carbonyl (C=O) groups excluding carboxylic acids is 1. The van der Waals surface area contributed by atoms with Crippen molar-refractivity contribution in [3.8, 4) is 0 Å². The summed E-state index contributed by atoms with van der Waals surface area (Å²) in [4.78, 5) is 10.7. The van der Waals surface area contributed by atoms with E-state index in [1.807, 2.05) is 0 Å². The van der Waals surface area contributed by atoms with Gasteiger partial charge in [-0.25, -0.2) is 4.39 Å². The molecule has 1 aromatic heterocycles. The van der Waals surface area contributed by atoms with E-state index in [0.717, 1.165) is 4.68 Å². The summed E-state index contributed by atoms with van der Waals surface area (Å²) in [6.45, 7) is -0.614. The average Bonchev–Trinajstić information content (AvgIpc) is 2.32. The number of alkyl halides is 1. The van der Waals surface area contributed by atoms with Crippen LogP contribution in [0.25, 0.3) is 0 Å². The normalized spacial score (nSPS) is 10.1. The molecule has 0 aliphatic rings. The Labute approximate surface area is 68.1 Å². The van der Waals surface area contributed by atoms with E-state index in [0.29, 0.717) is 0 Å². The fourth-order valence-electron chi connectivity index (χ4n) is 0.919. The second-order valence-electron chi connectivity index (χ2n) is 2.22.